The van der Waals surface area contributed by atoms with Gasteiger partial charge < -0.3 is 24.8 Å². The van der Waals surface area contributed by atoms with E-state index in [-0.39, 0.29) is 25.4 Å². The summed E-state index contributed by atoms with van der Waals surface area (Å²) in [4.78, 5) is 25.2. The van der Waals surface area contributed by atoms with Crippen molar-refractivity contribution in [3.05, 3.63) is 23.8 Å². The van der Waals surface area contributed by atoms with Crippen molar-refractivity contribution in [1.82, 2.24) is 4.90 Å². The molecule has 1 aromatic carbocycles. The van der Waals surface area contributed by atoms with E-state index in [4.69, 9.17) is 19.9 Å². The molecule has 0 saturated carbocycles. The lowest BCUT2D eigenvalue weighted by atomic mass is 10.1. The van der Waals surface area contributed by atoms with Gasteiger partial charge in [0, 0.05) is 31.6 Å². The number of methoxy groups -OCH3 is 2. The van der Waals surface area contributed by atoms with Crippen molar-refractivity contribution in [3.8, 4) is 11.5 Å². The molecule has 7 heteroatoms. The highest BCUT2D eigenvalue weighted by molar-refractivity contribution is 5.79. The van der Waals surface area contributed by atoms with Crippen LogP contribution in [-0.4, -0.2) is 50.7 Å². The third-order valence-corrected chi connectivity index (χ3v) is 3.59. The Morgan fingerprint density at radius 3 is 2.54 bits per heavy atom. The van der Waals surface area contributed by atoms with E-state index in [9.17, 15) is 9.59 Å². The minimum Gasteiger partial charge on any atom is -0.497 e. The van der Waals surface area contributed by atoms with E-state index >= 15 is 0 Å². The van der Waals surface area contributed by atoms with E-state index in [1.165, 1.54) is 0 Å². The van der Waals surface area contributed by atoms with Gasteiger partial charge in [-0.3, -0.25) is 9.59 Å². The van der Waals surface area contributed by atoms with Gasteiger partial charge in [0.2, 0.25) is 5.91 Å². The Labute approximate surface area is 142 Å². The van der Waals surface area contributed by atoms with Crippen LogP contribution in [0, 0.1) is 0 Å². The number of ether oxygens (including phenoxy) is 3. The molecule has 1 amide bonds. The molecule has 2 N–H and O–H groups in total. The number of nitrogens with two attached hydrogens (primary N) is 1. The zero-order valence-corrected chi connectivity index (χ0v) is 14.7. The number of benzene rings is 1. The maximum absolute atomic E-state index is 12.2. The highest BCUT2D eigenvalue weighted by atomic mass is 16.5. The second kappa shape index (κ2) is 9.77. The van der Waals surface area contributed by atoms with Crippen LogP contribution in [0.2, 0.25) is 0 Å². The Balaban J connectivity index is 2.59. The van der Waals surface area contributed by atoms with Gasteiger partial charge in [-0.15, -0.1) is 0 Å². The molecular formula is C17H26N2O5. The average Bonchev–Trinajstić information content (AvgIpc) is 2.59. The van der Waals surface area contributed by atoms with Gasteiger partial charge in [-0.2, -0.15) is 0 Å². The fourth-order valence-electron chi connectivity index (χ4n) is 2.16. The minimum absolute atomic E-state index is 0.104. The molecule has 0 saturated heterocycles. The van der Waals surface area contributed by atoms with Crippen molar-refractivity contribution in [2.75, 3.05) is 27.9 Å². The molecule has 0 aliphatic carbocycles. The van der Waals surface area contributed by atoms with E-state index in [1.807, 2.05) is 12.1 Å². The fraction of sp³-hybridized carbons (Fsp3) is 0.529. The lowest BCUT2D eigenvalue weighted by molar-refractivity contribution is -0.145. The number of hydrogen-bond acceptors (Lipinski definition) is 6. The molecule has 0 radical (unpaired) electrons. The van der Waals surface area contributed by atoms with E-state index in [0.29, 0.717) is 18.0 Å². The van der Waals surface area contributed by atoms with Gasteiger partial charge in [-0.1, -0.05) is 0 Å². The quantitative estimate of drug-likeness (QED) is 0.683. The van der Waals surface area contributed by atoms with Crippen LogP contribution in [0.4, 0.5) is 0 Å². The zero-order chi connectivity index (χ0) is 18.1. The fourth-order valence-corrected chi connectivity index (χ4v) is 2.16. The summed E-state index contributed by atoms with van der Waals surface area (Å²) in [6, 6.07) is 4.65. The van der Waals surface area contributed by atoms with Gasteiger partial charge in [-0.05, 0) is 25.5 Å². The molecule has 0 aliphatic rings. The summed E-state index contributed by atoms with van der Waals surface area (Å²) >= 11 is 0. The predicted octanol–water partition coefficient (Wildman–Crippen LogP) is 1.33. The molecule has 0 spiro atoms. The lowest BCUT2D eigenvalue weighted by Gasteiger charge is -2.20. The first-order valence-corrected chi connectivity index (χ1v) is 7.80. The smallest absolute Gasteiger partial charge is 0.322 e. The summed E-state index contributed by atoms with van der Waals surface area (Å²) in [6.45, 7) is 2.38. The molecule has 0 aromatic heterocycles. The molecular weight excluding hydrogens is 312 g/mol. The Morgan fingerprint density at radius 2 is 1.96 bits per heavy atom. The van der Waals surface area contributed by atoms with Gasteiger partial charge in [0.05, 0.1) is 20.8 Å². The highest BCUT2D eigenvalue weighted by Crippen LogP contribution is 2.25. The van der Waals surface area contributed by atoms with E-state index < -0.39 is 12.0 Å². The molecule has 1 atom stereocenters. The number of hydrogen-bond donors (Lipinski definition) is 1. The number of amides is 1. The van der Waals surface area contributed by atoms with Crippen LogP contribution in [-0.2, 0) is 20.9 Å². The largest absolute Gasteiger partial charge is 0.497 e. The molecule has 1 aromatic rings. The van der Waals surface area contributed by atoms with Crippen LogP contribution in [0.15, 0.2) is 18.2 Å². The maximum Gasteiger partial charge on any atom is 0.322 e. The van der Waals surface area contributed by atoms with E-state index in [1.54, 1.807) is 39.2 Å². The van der Waals surface area contributed by atoms with Gasteiger partial charge in [0.15, 0.2) is 0 Å². The summed E-state index contributed by atoms with van der Waals surface area (Å²) < 4.78 is 15.3. The second-order valence-electron chi connectivity index (χ2n) is 5.32. The van der Waals surface area contributed by atoms with Crippen LogP contribution >= 0.6 is 0 Å². The third kappa shape index (κ3) is 5.73. The number of rotatable bonds is 9. The number of esters is 1. The summed E-state index contributed by atoms with van der Waals surface area (Å²) in [6.07, 6.45) is 0.427. The molecule has 24 heavy (non-hydrogen) atoms. The Hall–Kier alpha value is -2.28. The highest BCUT2D eigenvalue weighted by Gasteiger charge is 2.18. The average molecular weight is 338 g/mol. The van der Waals surface area contributed by atoms with Gasteiger partial charge in [-0.25, -0.2) is 0 Å². The summed E-state index contributed by atoms with van der Waals surface area (Å²) in [7, 11) is 4.84. The lowest BCUT2D eigenvalue weighted by Crippen LogP contribution is -2.34. The normalized spacial score (nSPS) is 11.5. The SMILES string of the molecule is CCOC(=O)[C@@H](N)CCC(=O)N(C)Cc1ccc(OC)cc1OC. The van der Waals surface area contributed by atoms with Crippen molar-refractivity contribution < 1.29 is 23.8 Å². The number of nitrogens with zero attached hydrogens (tertiary/aromatic N) is 1. The zero-order valence-electron chi connectivity index (χ0n) is 14.7. The van der Waals surface area contributed by atoms with Crippen molar-refractivity contribution in [1.29, 1.82) is 0 Å². The van der Waals surface area contributed by atoms with Crippen LogP contribution < -0.4 is 15.2 Å². The molecule has 1 rings (SSSR count). The molecule has 0 bridgehead atoms. The molecule has 0 heterocycles. The molecule has 0 fully saturated rings. The molecule has 7 nitrogen and oxygen atoms in total. The van der Waals surface area contributed by atoms with Crippen LogP contribution in [0.25, 0.3) is 0 Å². The second-order valence-corrected chi connectivity index (χ2v) is 5.32. The van der Waals surface area contributed by atoms with E-state index in [0.717, 1.165) is 5.56 Å². The first kappa shape index (κ1) is 19.8. The standard InChI is InChI=1S/C17H26N2O5/c1-5-24-17(21)14(18)8-9-16(20)19(2)11-12-6-7-13(22-3)10-15(12)23-4/h6-7,10,14H,5,8-9,11,18H2,1-4H3/t14-/m0/s1. The summed E-state index contributed by atoms with van der Waals surface area (Å²) in [5.74, 6) is 0.750. The Kier molecular flexibility index (Phi) is 8.05. The van der Waals surface area contributed by atoms with Gasteiger partial charge in [0.1, 0.15) is 17.5 Å². The first-order valence-electron chi connectivity index (χ1n) is 7.80. The van der Waals surface area contributed by atoms with Crippen LogP contribution in [0.3, 0.4) is 0 Å². The summed E-state index contributed by atoms with van der Waals surface area (Å²) in [5.41, 5.74) is 6.57. The Bertz CT molecular complexity index is 562. The first-order chi connectivity index (χ1) is 11.4. The van der Waals surface area contributed by atoms with E-state index in [2.05, 4.69) is 0 Å². The maximum atomic E-state index is 12.2. The number of carbonyl (C=O) groups is 2. The van der Waals surface area contributed by atoms with Crippen LogP contribution in [0.1, 0.15) is 25.3 Å². The number of carbonyl (C=O) groups excluding carboxylic acids is 2. The van der Waals surface area contributed by atoms with Crippen molar-refractivity contribution in [3.63, 3.8) is 0 Å². The minimum atomic E-state index is -0.780. The third-order valence-electron chi connectivity index (χ3n) is 3.59. The molecule has 0 unspecified atom stereocenters. The Morgan fingerprint density at radius 1 is 1.25 bits per heavy atom. The predicted molar refractivity (Wildman–Crippen MR) is 89.9 cm³/mol. The molecule has 0 aliphatic heterocycles. The molecule has 134 valence electrons. The topological polar surface area (TPSA) is 91.1 Å². The van der Waals surface area contributed by atoms with Crippen LogP contribution in [0.5, 0.6) is 11.5 Å². The van der Waals surface area contributed by atoms with Gasteiger partial charge in [0.25, 0.3) is 0 Å². The monoisotopic (exact) mass is 338 g/mol. The summed E-state index contributed by atoms with van der Waals surface area (Å²) in [5, 5.41) is 0. The van der Waals surface area contributed by atoms with Crippen molar-refractivity contribution in [2.24, 2.45) is 5.73 Å². The van der Waals surface area contributed by atoms with Crippen molar-refractivity contribution >= 4 is 11.9 Å². The van der Waals surface area contributed by atoms with Gasteiger partial charge >= 0.3 is 5.97 Å². The van der Waals surface area contributed by atoms with Crippen molar-refractivity contribution in [2.45, 2.75) is 32.4 Å².